The number of thioether (sulfide) groups is 1. The molecule has 0 spiro atoms. The molecular weight excluding hydrogens is 325 g/mol. The first-order valence-electron chi connectivity index (χ1n) is 6.91. The summed E-state index contributed by atoms with van der Waals surface area (Å²) in [4.78, 5) is 0. The molecule has 2 heterocycles. The van der Waals surface area contributed by atoms with Gasteiger partial charge in [0.15, 0.2) is 15.0 Å². The van der Waals surface area contributed by atoms with Crippen molar-refractivity contribution in [1.29, 1.82) is 0 Å². The fourth-order valence-corrected chi connectivity index (χ4v) is 5.15. The summed E-state index contributed by atoms with van der Waals surface area (Å²) in [6.07, 6.45) is 0.608. The van der Waals surface area contributed by atoms with Gasteiger partial charge in [-0.05, 0) is 24.1 Å². The first-order valence-corrected chi connectivity index (χ1v) is 9.72. The molecule has 118 valence electrons. The SMILES string of the molecule is Cn1c(SCc2ccc(F)cc2)nnc1C1CCS(=O)(=O)C1. The quantitative estimate of drug-likeness (QED) is 0.797. The van der Waals surface area contributed by atoms with Crippen molar-refractivity contribution in [2.24, 2.45) is 7.05 Å². The zero-order valence-electron chi connectivity index (χ0n) is 12.1. The van der Waals surface area contributed by atoms with E-state index in [-0.39, 0.29) is 23.2 Å². The summed E-state index contributed by atoms with van der Waals surface area (Å²) in [6.45, 7) is 0. The summed E-state index contributed by atoms with van der Waals surface area (Å²) in [5.74, 6) is 1.45. The van der Waals surface area contributed by atoms with Crippen LogP contribution in [-0.4, -0.2) is 34.7 Å². The van der Waals surface area contributed by atoms with Gasteiger partial charge in [-0.3, -0.25) is 0 Å². The second kappa shape index (κ2) is 6.00. The lowest BCUT2D eigenvalue weighted by atomic mass is 10.1. The molecular formula is C14H16FN3O2S2. The topological polar surface area (TPSA) is 64.8 Å². The number of hydrogen-bond acceptors (Lipinski definition) is 5. The highest BCUT2D eigenvalue weighted by atomic mass is 32.2. The van der Waals surface area contributed by atoms with E-state index < -0.39 is 9.84 Å². The van der Waals surface area contributed by atoms with Crippen molar-refractivity contribution in [1.82, 2.24) is 14.8 Å². The molecule has 1 aliphatic rings. The van der Waals surface area contributed by atoms with Gasteiger partial charge in [0.05, 0.1) is 11.5 Å². The standard InChI is InChI=1S/C14H16FN3O2S2/c1-18-13(11-6-7-22(19,20)9-11)16-17-14(18)21-8-10-2-4-12(15)5-3-10/h2-5,11H,6-9H2,1H3. The highest BCUT2D eigenvalue weighted by molar-refractivity contribution is 7.98. The van der Waals surface area contributed by atoms with Gasteiger partial charge >= 0.3 is 0 Å². The number of halogens is 1. The molecule has 2 aromatic rings. The van der Waals surface area contributed by atoms with Crippen LogP contribution in [0.2, 0.25) is 0 Å². The average Bonchev–Trinajstić information content (AvgIpc) is 3.01. The van der Waals surface area contributed by atoms with Crippen molar-refractivity contribution >= 4 is 21.6 Å². The van der Waals surface area contributed by atoms with Gasteiger partial charge < -0.3 is 4.57 Å². The van der Waals surface area contributed by atoms with E-state index in [1.54, 1.807) is 12.1 Å². The summed E-state index contributed by atoms with van der Waals surface area (Å²) in [6, 6.07) is 6.34. The van der Waals surface area contributed by atoms with E-state index in [1.165, 1.54) is 23.9 Å². The lowest BCUT2D eigenvalue weighted by molar-refractivity contribution is 0.599. The van der Waals surface area contributed by atoms with E-state index in [0.717, 1.165) is 16.5 Å². The minimum absolute atomic E-state index is 0.0670. The third-order valence-electron chi connectivity index (χ3n) is 3.75. The van der Waals surface area contributed by atoms with Gasteiger partial charge in [-0.2, -0.15) is 0 Å². The summed E-state index contributed by atoms with van der Waals surface area (Å²) in [7, 11) is -1.08. The van der Waals surface area contributed by atoms with Crippen molar-refractivity contribution in [3.8, 4) is 0 Å². The van der Waals surface area contributed by atoms with Crippen LogP contribution in [0.4, 0.5) is 4.39 Å². The van der Waals surface area contributed by atoms with Gasteiger partial charge in [0.1, 0.15) is 11.6 Å². The predicted octanol–water partition coefficient (Wildman–Crippen LogP) is 2.15. The van der Waals surface area contributed by atoms with Crippen LogP contribution in [0.1, 0.15) is 23.7 Å². The third-order valence-corrected chi connectivity index (χ3v) is 6.61. The largest absolute Gasteiger partial charge is 0.309 e. The molecule has 0 aliphatic carbocycles. The van der Waals surface area contributed by atoms with Gasteiger partial charge in [-0.25, -0.2) is 12.8 Å². The predicted molar refractivity (Wildman–Crippen MR) is 83.0 cm³/mol. The Hall–Kier alpha value is -1.41. The summed E-state index contributed by atoms with van der Waals surface area (Å²) in [5, 5.41) is 9.04. The third kappa shape index (κ3) is 3.33. The average molecular weight is 341 g/mol. The van der Waals surface area contributed by atoms with Crippen LogP contribution >= 0.6 is 11.8 Å². The Morgan fingerprint density at radius 1 is 1.32 bits per heavy atom. The number of rotatable bonds is 4. The summed E-state index contributed by atoms with van der Waals surface area (Å²) >= 11 is 1.50. The van der Waals surface area contributed by atoms with Crippen LogP contribution in [0, 0.1) is 5.82 Å². The molecule has 1 fully saturated rings. The van der Waals surface area contributed by atoms with Crippen molar-refractivity contribution in [3.63, 3.8) is 0 Å². The normalized spacial score (nSPS) is 20.4. The fourth-order valence-electron chi connectivity index (χ4n) is 2.53. The van der Waals surface area contributed by atoms with E-state index >= 15 is 0 Å². The van der Waals surface area contributed by atoms with Crippen LogP contribution in [0.15, 0.2) is 29.4 Å². The lowest BCUT2D eigenvalue weighted by Gasteiger charge is -2.08. The maximum atomic E-state index is 12.9. The Morgan fingerprint density at radius 3 is 2.68 bits per heavy atom. The van der Waals surface area contributed by atoms with E-state index in [1.807, 2.05) is 11.6 Å². The lowest BCUT2D eigenvalue weighted by Crippen LogP contribution is -2.09. The van der Waals surface area contributed by atoms with Crippen molar-refractivity contribution in [2.45, 2.75) is 23.2 Å². The Bertz CT molecular complexity index is 772. The Kier molecular flexibility index (Phi) is 4.22. The minimum Gasteiger partial charge on any atom is -0.309 e. The number of hydrogen-bond donors (Lipinski definition) is 0. The highest BCUT2D eigenvalue weighted by Crippen LogP contribution is 2.30. The molecule has 22 heavy (non-hydrogen) atoms. The van der Waals surface area contributed by atoms with Gasteiger partial charge in [0.2, 0.25) is 0 Å². The van der Waals surface area contributed by atoms with Gasteiger partial charge in [-0.15, -0.1) is 10.2 Å². The molecule has 0 bridgehead atoms. The second-order valence-electron chi connectivity index (χ2n) is 5.41. The number of sulfone groups is 1. The highest BCUT2D eigenvalue weighted by Gasteiger charge is 2.32. The fraction of sp³-hybridized carbons (Fsp3) is 0.429. The maximum absolute atomic E-state index is 12.9. The van der Waals surface area contributed by atoms with Crippen LogP contribution in [0.25, 0.3) is 0 Å². The minimum atomic E-state index is -2.93. The van der Waals surface area contributed by atoms with E-state index in [0.29, 0.717) is 12.2 Å². The van der Waals surface area contributed by atoms with E-state index in [9.17, 15) is 12.8 Å². The first-order chi connectivity index (χ1) is 10.4. The molecule has 3 rings (SSSR count). The smallest absolute Gasteiger partial charge is 0.191 e. The van der Waals surface area contributed by atoms with Crippen molar-refractivity contribution in [3.05, 3.63) is 41.5 Å². The summed E-state index contributed by atoms with van der Waals surface area (Å²) in [5.41, 5.74) is 0.999. The molecule has 1 aromatic heterocycles. The number of aromatic nitrogens is 3. The van der Waals surface area contributed by atoms with Gasteiger partial charge in [0, 0.05) is 18.7 Å². The molecule has 5 nitrogen and oxygen atoms in total. The monoisotopic (exact) mass is 341 g/mol. The van der Waals surface area contributed by atoms with Crippen molar-refractivity contribution in [2.75, 3.05) is 11.5 Å². The molecule has 0 amide bonds. The molecule has 1 aromatic carbocycles. The zero-order valence-corrected chi connectivity index (χ0v) is 13.7. The molecule has 0 N–H and O–H groups in total. The van der Waals surface area contributed by atoms with Gasteiger partial charge in [-0.1, -0.05) is 23.9 Å². The Morgan fingerprint density at radius 2 is 2.05 bits per heavy atom. The Labute approximate surface area is 132 Å². The molecule has 0 radical (unpaired) electrons. The molecule has 1 aliphatic heterocycles. The molecule has 8 heteroatoms. The Balaban J connectivity index is 1.70. The number of nitrogens with zero attached hydrogens (tertiary/aromatic N) is 3. The van der Waals surface area contributed by atoms with Gasteiger partial charge in [0.25, 0.3) is 0 Å². The molecule has 1 saturated heterocycles. The molecule has 0 saturated carbocycles. The van der Waals surface area contributed by atoms with E-state index in [4.69, 9.17) is 0 Å². The maximum Gasteiger partial charge on any atom is 0.191 e. The second-order valence-corrected chi connectivity index (χ2v) is 8.59. The van der Waals surface area contributed by atoms with Crippen LogP contribution in [0.3, 0.4) is 0 Å². The van der Waals surface area contributed by atoms with Crippen LogP contribution in [0.5, 0.6) is 0 Å². The van der Waals surface area contributed by atoms with Crippen LogP contribution in [-0.2, 0) is 22.6 Å². The molecule has 1 unspecified atom stereocenters. The zero-order chi connectivity index (χ0) is 15.7. The van der Waals surface area contributed by atoms with Crippen LogP contribution < -0.4 is 0 Å². The van der Waals surface area contributed by atoms with E-state index in [2.05, 4.69) is 10.2 Å². The number of benzene rings is 1. The van der Waals surface area contributed by atoms with Crippen molar-refractivity contribution < 1.29 is 12.8 Å². The summed E-state index contributed by atoms with van der Waals surface area (Å²) < 4.78 is 37.9. The molecule has 1 atom stereocenters. The first kappa shape index (κ1) is 15.5.